The molecule has 1 amide bonds. The number of pyridine rings is 1. The first-order chi connectivity index (χ1) is 12.4. The average molecular weight is 358 g/mol. The maximum Gasteiger partial charge on any atom is 0.305 e. The smallest absolute Gasteiger partial charge is 0.305 e. The largest absolute Gasteiger partial charge is 0.469 e. The molecule has 0 bridgehead atoms. The van der Waals surface area contributed by atoms with Gasteiger partial charge in [-0.25, -0.2) is 0 Å². The van der Waals surface area contributed by atoms with Crippen LogP contribution in [0, 0.1) is 13.8 Å². The molecule has 2 heterocycles. The van der Waals surface area contributed by atoms with E-state index in [0.29, 0.717) is 23.5 Å². The molecular weight excluding hydrogens is 336 g/mol. The highest BCUT2D eigenvalue weighted by Gasteiger charge is 2.07. The van der Waals surface area contributed by atoms with Crippen LogP contribution in [0.4, 0.5) is 0 Å². The van der Waals surface area contributed by atoms with Crippen molar-refractivity contribution in [2.24, 2.45) is 0 Å². The molecule has 7 heteroatoms. The minimum Gasteiger partial charge on any atom is -0.469 e. The van der Waals surface area contributed by atoms with Crippen molar-refractivity contribution in [3.05, 3.63) is 63.0 Å². The number of esters is 1. The molecule has 0 aliphatic heterocycles. The zero-order valence-corrected chi connectivity index (χ0v) is 15.0. The summed E-state index contributed by atoms with van der Waals surface area (Å²) in [4.78, 5) is 37.7. The van der Waals surface area contributed by atoms with E-state index in [4.69, 9.17) is 4.42 Å². The highest BCUT2D eigenvalue weighted by Crippen LogP contribution is 2.12. The monoisotopic (exact) mass is 358 g/mol. The third kappa shape index (κ3) is 5.47. The molecule has 138 valence electrons. The molecule has 2 aromatic rings. The van der Waals surface area contributed by atoms with Gasteiger partial charge in [-0.3, -0.25) is 14.4 Å². The number of aromatic amines is 1. The van der Waals surface area contributed by atoms with Crippen LogP contribution in [-0.4, -0.2) is 24.0 Å². The van der Waals surface area contributed by atoms with E-state index in [2.05, 4.69) is 15.0 Å². The molecule has 0 saturated heterocycles. The molecule has 0 aliphatic carbocycles. The Hall–Kier alpha value is -3.09. The lowest BCUT2D eigenvalue weighted by Gasteiger charge is -2.06. The van der Waals surface area contributed by atoms with Crippen LogP contribution in [0.3, 0.4) is 0 Å². The van der Waals surface area contributed by atoms with Crippen molar-refractivity contribution in [2.75, 3.05) is 7.11 Å². The molecule has 2 rings (SSSR count). The molecule has 7 nitrogen and oxygen atoms in total. The summed E-state index contributed by atoms with van der Waals surface area (Å²) in [6, 6.07) is 5.32. The Morgan fingerprint density at radius 3 is 2.77 bits per heavy atom. The van der Waals surface area contributed by atoms with Crippen LogP contribution in [0.5, 0.6) is 0 Å². The normalized spacial score (nSPS) is 10.9. The number of carbonyl (C=O) groups is 2. The summed E-state index contributed by atoms with van der Waals surface area (Å²) in [5, 5.41) is 2.68. The highest BCUT2D eigenvalue weighted by molar-refractivity contribution is 5.91. The molecule has 0 fully saturated rings. The standard InChI is InChI=1S/C19H22N2O5/c1-12-10-13(2)21-19(24)16(12)11-20-17(22)8-6-14-4-5-15(26-14)7-9-18(23)25-3/h4-6,8,10H,7,9,11H2,1-3H3,(H,20,22)(H,21,24)/b8-6+. The number of furan rings is 1. The topological polar surface area (TPSA) is 101 Å². The SMILES string of the molecule is COC(=O)CCc1ccc(/C=C/C(=O)NCc2c(C)cc(C)[nH]c2=O)o1. The molecule has 0 radical (unpaired) electrons. The predicted molar refractivity (Wildman–Crippen MR) is 96.5 cm³/mol. The molecule has 26 heavy (non-hydrogen) atoms. The summed E-state index contributed by atoms with van der Waals surface area (Å²) in [5.74, 6) is 0.498. The van der Waals surface area contributed by atoms with Gasteiger partial charge >= 0.3 is 5.97 Å². The van der Waals surface area contributed by atoms with Crippen molar-refractivity contribution in [2.45, 2.75) is 33.2 Å². The predicted octanol–water partition coefficient (Wildman–Crippen LogP) is 2.02. The van der Waals surface area contributed by atoms with Crippen LogP contribution in [0.25, 0.3) is 6.08 Å². The van der Waals surface area contributed by atoms with Crippen LogP contribution in [0.1, 0.15) is 34.8 Å². The maximum atomic E-state index is 11.9. The zero-order chi connectivity index (χ0) is 19.1. The second-order valence-electron chi connectivity index (χ2n) is 5.87. The van der Waals surface area contributed by atoms with Crippen molar-refractivity contribution < 1.29 is 18.7 Å². The number of H-pyrrole nitrogens is 1. The first kappa shape index (κ1) is 19.2. The summed E-state index contributed by atoms with van der Waals surface area (Å²) in [7, 11) is 1.34. The Labute approximate surface area is 151 Å². The lowest BCUT2D eigenvalue weighted by molar-refractivity contribution is -0.140. The summed E-state index contributed by atoms with van der Waals surface area (Å²) < 4.78 is 10.1. The second kappa shape index (κ2) is 8.84. The van der Waals surface area contributed by atoms with E-state index in [9.17, 15) is 14.4 Å². The molecule has 0 saturated carbocycles. The van der Waals surface area contributed by atoms with Crippen molar-refractivity contribution in [1.82, 2.24) is 10.3 Å². The number of hydrogen-bond acceptors (Lipinski definition) is 5. The summed E-state index contributed by atoms with van der Waals surface area (Å²) in [5.41, 5.74) is 1.94. The first-order valence-electron chi connectivity index (χ1n) is 8.20. The van der Waals surface area contributed by atoms with Crippen molar-refractivity contribution >= 4 is 18.0 Å². The van der Waals surface area contributed by atoms with E-state index in [1.54, 1.807) is 12.1 Å². The fourth-order valence-corrected chi connectivity index (χ4v) is 2.44. The minimum atomic E-state index is -0.336. The summed E-state index contributed by atoms with van der Waals surface area (Å²) >= 11 is 0. The highest BCUT2D eigenvalue weighted by atomic mass is 16.5. The van der Waals surface area contributed by atoms with Crippen LogP contribution in [0.15, 0.2) is 33.5 Å². The Bertz CT molecular complexity index is 876. The van der Waals surface area contributed by atoms with E-state index >= 15 is 0 Å². The van der Waals surface area contributed by atoms with Gasteiger partial charge < -0.3 is 19.5 Å². The number of rotatable bonds is 7. The van der Waals surface area contributed by atoms with Crippen LogP contribution in [0.2, 0.25) is 0 Å². The third-order valence-electron chi connectivity index (χ3n) is 3.82. The van der Waals surface area contributed by atoms with E-state index < -0.39 is 0 Å². The number of ether oxygens (including phenoxy) is 1. The lowest BCUT2D eigenvalue weighted by Crippen LogP contribution is -2.26. The minimum absolute atomic E-state index is 0.146. The molecule has 0 unspecified atom stereocenters. The van der Waals surface area contributed by atoms with Crippen LogP contribution < -0.4 is 10.9 Å². The number of carbonyl (C=O) groups excluding carboxylic acids is 2. The molecule has 0 atom stereocenters. The van der Waals surface area contributed by atoms with Gasteiger partial charge in [0.15, 0.2) is 0 Å². The van der Waals surface area contributed by atoms with Crippen LogP contribution in [-0.2, 0) is 27.3 Å². The van der Waals surface area contributed by atoms with E-state index in [1.807, 2.05) is 19.9 Å². The average Bonchev–Trinajstić information content (AvgIpc) is 3.04. The van der Waals surface area contributed by atoms with Gasteiger partial charge in [0.05, 0.1) is 13.5 Å². The number of amides is 1. The van der Waals surface area contributed by atoms with E-state index in [0.717, 1.165) is 11.3 Å². The molecule has 0 spiro atoms. The van der Waals surface area contributed by atoms with Gasteiger partial charge in [-0.1, -0.05) is 0 Å². The van der Waals surface area contributed by atoms with Gasteiger partial charge in [-0.05, 0) is 43.7 Å². The lowest BCUT2D eigenvalue weighted by atomic mass is 10.1. The molecule has 0 aromatic carbocycles. The summed E-state index contributed by atoms with van der Waals surface area (Å²) in [6.07, 6.45) is 3.53. The fourth-order valence-electron chi connectivity index (χ4n) is 2.44. The van der Waals surface area contributed by atoms with Gasteiger partial charge in [0.25, 0.3) is 5.56 Å². The Balaban J connectivity index is 1.89. The molecule has 0 aliphatic rings. The van der Waals surface area contributed by atoms with E-state index in [-0.39, 0.29) is 30.4 Å². The first-order valence-corrected chi connectivity index (χ1v) is 8.20. The van der Waals surface area contributed by atoms with Gasteiger partial charge in [-0.2, -0.15) is 0 Å². The van der Waals surface area contributed by atoms with Gasteiger partial charge in [-0.15, -0.1) is 0 Å². The maximum absolute atomic E-state index is 11.9. The third-order valence-corrected chi connectivity index (χ3v) is 3.82. The van der Waals surface area contributed by atoms with E-state index in [1.165, 1.54) is 19.3 Å². The quantitative estimate of drug-likeness (QED) is 0.582. The fraction of sp³-hybridized carbons (Fsp3) is 0.316. The summed E-state index contributed by atoms with van der Waals surface area (Å²) in [6.45, 7) is 3.79. The zero-order valence-electron chi connectivity index (χ0n) is 15.0. The van der Waals surface area contributed by atoms with Gasteiger partial charge in [0.2, 0.25) is 5.91 Å². The number of nitrogens with one attached hydrogen (secondary N) is 2. The number of methoxy groups -OCH3 is 1. The van der Waals surface area contributed by atoms with Crippen molar-refractivity contribution in [3.8, 4) is 0 Å². The second-order valence-corrected chi connectivity index (χ2v) is 5.87. The van der Waals surface area contributed by atoms with Crippen LogP contribution >= 0.6 is 0 Å². The van der Waals surface area contributed by atoms with Crippen molar-refractivity contribution in [3.63, 3.8) is 0 Å². The molecular formula is C19H22N2O5. The molecule has 2 N–H and O–H groups in total. The number of aryl methyl sites for hydroxylation is 3. The molecule has 2 aromatic heterocycles. The number of hydrogen-bond donors (Lipinski definition) is 2. The van der Waals surface area contributed by atoms with Crippen molar-refractivity contribution in [1.29, 1.82) is 0 Å². The Morgan fingerprint density at radius 1 is 1.31 bits per heavy atom. The Kier molecular flexibility index (Phi) is 6.54. The van der Waals surface area contributed by atoms with Gasteiger partial charge in [0.1, 0.15) is 11.5 Å². The number of aromatic nitrogens is 1. The Morgan fingerprint density at radius 2 is 2.08 bits per heavy atom. The van der Waals surface area contributed by atoms with Gasteiger partial charge in [0, 0.05) is 30.3 Å².